The van der Waals surface area contributed by atoms with E-state index in [1.807, 2.05) is 12.1 Å². The topological polar surface area (TPSA) is 41.3 Å². The molecule has 1 aliphatic heterocycles. The Morgan fingerprint density at radius 1 is 1.16 bits per heavy atom. The van der Waals surface area contributed by atoms with E-state index in [2.05, 4.69) is 67.4 Å². The second kappa shape index (κ2) is 8.03. The Labute approximate surface area is 152 Å². The fourth-order valence-electron chi connectivity index (χ4n) is 3.87. The van der Waals surface area contributed by atoms with Crippen LogP contribution in [0.25, 0.3) is 0 Å². The number of rotatable bonds is 6. The zero-order valence-corrected chi connectivity index (χ0v) is 15.7. The Hall–Kier alpha value is -1.84. The van der Waals surface area contributed by atoms with E-state index < -0.39 is 0 Å². The van der Waals surface area contributed by atoms with Crippen LogP contribution in [0.2, 0.25) is 0 Å². The Morgan fingerprint density at radius 2 is 1.96 bits per heavy atom. The minimum absolute atomic E-state index is 0.310. The molecule has 0 aliphatic carbocycles. The Morgan fingerprint density at radius 3 is 2.68 bits per heavy atom. The molecule has 3 N–H and O–H groups in total. The van der Waals surface area contributed by atoms with Crippen molar-refractivity contribution >= 4 is 5.69 Å². The third-order valence-electron chi connectivity index (χ3n) is 5.17. The summed E-state index contributed by atoms with van der Waals surface area (Å²) >= 11 is 0. The normalized spacial score (nSPS) is 19.4. The smallest absolute Gasteiger partial charge is 0.0366 e. The SMILES string of the molecule is Cc1cccc(CN2CCC(NC(c3ccccc3N)C(C)C)C2)c1. The maximum atomic E-state index is 6.23. The first-order chi connectivity index (χ1) is 12.0. The fourth-order valence-corrected chi connectivity index (χ4v) is 3.87. The minimum atomic E-state index is 0.310. The molecule has 0 saturated carbocycles. The highest BCUT2D eigenvalue weighted by Crippen LogP contribution is 2.28. The predicted octanol–water partition coefficient (Wildman–Crippen LogP) is 4.14. The minimum Gasteiger partial charge on any atom is -0.398 e. The molecule has 2 atom stereocenters. The van der Waals surface area contributed by atoms with E-state index in [-0.39, 0.29) is 0 Å². The highest BCUT2D eigenvalue weighted by Gasteiger charge is 2.27. The van der Waals surface area contributed by atoms with E-state index in [1.54, 1.807) is 0 Å². The molecule has 0 radical (unpaired) electrons. The Kier molecular flexibility index (Phi) is 5.77. The van der Waals surface area contributed by atoms with Crippen molar-refractivity contribution in [3.63, 3.8) is 0 Å². The summed E-state index contributed by atoms with van der Waals surface area (Å²) < 4.78 is 0. The molecular formula is C22H31N3. The summed E-state index contributed by atoms with van der Waals surface area (Å²) in [6.07, 6.45) is 1.20. The van der Waals surface area contributed by atoms with E-state index in [0.717, 1.165) is 25.3 Å². The van der Waals surface area contributed by atoms with E-state index in [9.17, 15) is 0 Å². The van der Waals surface area contributed by atoms with Gasteiger partial charge in [0.05, 0.1) is 0 Å². The molecule has 1 saturated heterocycles. The lowest BCUT2D eigenvalue weighted by atomic mass is 9.93. The first-order valence-electron chi connectivity index (χ1n) is 9.41. The number of hydrogen-bond donors (Lipinski definition) is 2. The van der Waals surface area contributed by atoms with Gasteiger partial charge in [0.2, 0.25) is 0 Å². The molecule has 1 fully saturated rings. The number of nitrogen functional groups attached to an aromatic ring is 1. The summed E-state index contributed by atoms with van der Waals surface area (Å²) in [4.78, 5) is 2.55. The van der Waals surface area contributed by atoms with Crippen LogP contribution in [-0.4, -0.2) is 24.0 Å². The molecule has 1 aliphatic rings. The number of nitrogens with zero attached hydrogens (tertiary/aromatic N) is 1. The number of para-hydroxylation sites is 1. The molecule has 2 aromatic carbocycles. The van der Waals surface area contributed by atoms with E-state index in [1.165, 1.54) is 23.1 Å². The number of likely N-dealkylation sites (tertiary alicyclic amines) is 1. The van der Waals surface area contributed by atoms with Crippen molar-refractivity contribution in [2.45, 2.75) is 45.8 Å². The van der Waals surface area contributed by atoms with Crippen LogP contribution in [0.15, 0.2) is 48.5 Å². The molecule has 0 aromatic heterocycles. The van der Waals surface area contributed by atoms with Crippen LogP contribution < -0.4 is 11.1 Å². The van der Waals surface area contributed by atoms with Gasteiger partial charge in [-0.2, -0.15) is 0 Å². The van der Waals surface area contributed by atoms with Crippen molar-refractivity contribution < 1.29 is 0 Å². The molecular weight excluding hydrogens is 306 g/mol. The molecule has 1 heterocycles. The summed E-state index contributed by atoms with van der Waals surface area (Å²) in [5.41, 5.74) is 11.1. The van der Waals surface area contributed by atoms with E-state index in [4.69, 9.17) is 5.73 Å². The molecule has 0 spiro atoms. The standard InChI is InChI=1S/C22H31N3/c1-16(2)22(20-9-4-5-10-21(20)23)24-19-11-12-25(15-19)14-18-8-6-7-17(3)13-18/h4-10,13,16,19,22,24H,11-12,14-15,23H2,1-3H3. The summed E-state index contributed by atoms with van der Waals surface area (Å²) in [5, 5.41) is 3.88. The van der Waals surface area contributed by atoms with E-state index in [0.29, 0.717) is 18.0 Å². The van der Waals surface area contributed by atoms with Gasteiger partial charge in [0, 0.05) is 37.4 Å². The van der Waals surface area contributed by atoms with Crippen LogP contribution >= 0.6 is 0 Å². The second-order valence-corrected chi connectivity index (χ2v) is 7.73. The predicted molar refractivity (Wildman–Crippen MR) is 106 cm³/mol. The van der Waals surface area contributed by atoms with Crippen LogP contribution in [0.5, 0.6) is 0 Å². The summed E-state index contributed by atoms with van der Waals surface area (Å²) in [6.45, 7) is 9.99. The molecule has 134 valence electrons. The van der Waals surface area contributed by atoms with E-state index >= 15 is 0 Å². The van der Waals surface area contributed by atoms with Gasteiger partial charge < -0.3 is 11.1 Å². The van der Waals surface area contributed by atoms with Crippen LogP contribution in [0.4, 0.5) is 5.69 Å². The summed E-state index contributed by atoms with van der Waals surface area (Å²) in [6, 6.07) is 17.9. The average molecular weight is 338 g/mol. The molecule has 3 heteroatoms. The van der Waals surface area contributed by atoms with Crippen LogP contribution in [0.1, 0.15) is 43.0 Å². The lowest BCUT2D eigenvalue weighted by molar-refractivity contribution is 0.304. The van der Waals surface area contributed by atoms with Crippen molar-refractivity contribution in [3.8, 4) is 0 Å². The number of anilines is 1. The third kappa shape index (κ3) is 4.62. The maximum Gasteiger partial charge on any atom is 0.0366 e. The van der Waals surface area contributed by atoms with Crippen molar-refractivity contribution in [2.75, 3.05) is 18.8 Å². The molecule has 2 unspecified atom stereocenters. The van der Waals surface area contributed by atoms with Crippen molar-refractivity contribution in [3.05, 3.63) is 65.2 Å². The zero-order valence-electron chi connectivity index (χ0n) is 15.7. The lowest BCUT2D eigenvalue weighted by Gasteiger charge is -2.28. The maximum absolute atomic E-state index is 6.23. The highest BCUT2D eigenvalue weighted by atomic mass is 15.2. The Bertz CT molecular complexity index is 695. The number of nitrogens with two attached hydrogens (primary N) is 1. The molecule has 25 heavy (non-hydrogen) atoms. The van der Waals surface area contributed by atoms with Gasteiger partial charge in [0.25, 0.3) is 0 Å². The first kappa shape index (κ1) is 18.0. The van der Waals surface area contributed by atoms with Gasteiger partial charge >= 0.3 is 0 Å². The lowest BCUT2D eigenvalue weighted by Crippen LogP contribution is -2.37. The Balaban J connectivity index is 1.62. The van der Waals surface area contributed by atoms with Crippen molar-refractivity contribution in [1.29, 1.82) is 0 Å². The molecule has 3 nitrogen and oxygen atoms in total. The van der Waals surface area contributed by atoms with Crippen LogP contribution in [0.3, 0.4) is 0 Å². The quantitative estimate of drug-likeness (QED) is 0.779. The average Bonchev–Trinajstić information content (AvgIpc) is 3.00. The number of benzene rings is 2. The van der Waals surface area contributed by atoms with Gasteiger partial charge in [-0.25, -0.2) is 0 Å². The van der Waals surface area contributed by atoms with Gasteiger partial charge in [-0.05, 0) is 36.5 Å². The molecule has 2 aromatic rings. The zero-order chi connectivity index (χ0) is 17.8. The molecule has 0 bridgehead atoms. The fraction of sp³-hybridized carbons (Fsp3) is 0.455. The summed E-state index contributed by atoms with van der Waals surface area (Å²) in [7, 11) is 0. The van der Waals surface area contributed by atoms with Gasteiger partial charge in [0.1, 0.15) is 0 Å². The van der Waals surface area contributed by atoms with Gasteiger partial charge in [0.15, 0.2) is 0 Å². The highest BCUT2D eigenvalue weighted by molar-refractivity contribution is 5.48. The monoisotopic (exact) mass is 337 g/mol. The number of hydrogen-bond acceptors (Lipinski definition) is 3. The van der Waals surface area contributed by atoms with Gasteiger partial charge in [-0.3, -0.25) is 4.90 Å². The third-order valence-corrected chi connectivity index (χ3v) is 5.17. The number of aryl methyl sites for hydroxylation is 1. The van der Waals surface area contributed by atoms with Crippen molar-refractivity contribution in [1.82, 2.24) is 10.2 Å². The van der Waals surface area contributed by atoms with Crippen LogP contribution in [0, 0.1) is 12.8 Å². The summed E-state index contributed by atoms with van der Waals surface area (Å²) in [5.74, 6) is 0.510. The van der Waals surface area contributed by atoms with Gasteiger partial charge in [-0.15, -0.1) is 0 Å². The molecule has 0 amide bonds. The van der Waals surface area contributed by atoms with Crippen molar-refractivity contribution in [2.24, 2.45) is 5.92 Å². The number of nitrogens with one attached hydrogen (secondary N) is 1. The molecule has 3 rings (SSSR count). The van der Waals surface area contributed by atoms with Crippen LogP contribution in [-0.2, 0) is 6.54 Å². The largest absolute Gasteiger partial charge is 0.398 e. The second-order valence-electron chi connectivity index (χ2n) is 7.73. The first-order valence-corrected chi connectivity index (χ1v) is 9.41. The van der Waals surface area contributed by atoms with Gasteiger partial charge in [-0.1, -0.05) is 61.9 Å².